The monoisotopic (exact) mass is 301 g/mol. The second-order valence-corrected chi connectivity index (χ2v) is 5.40. The summed E-state index contributed by atoms with van der Waals surface area (Å²) in [5.41, 5.74) is -4.17. The Morgan fingerprint density at radius 2 is 2.11 bits per heavy atom. The van der Waals surface area contributed by atoms with E-state index in [0.29, 0.717) is 17.5 Å². The first-order valence-corrected chi connectivity index (χ1v) is 7.30. The molecule has 0 saturated carbocycles. The van der Waals surface area contributed by atoms with E-state index in [0.717, 1.165) is 13.1 Å². The van der Waals surface area contributed by atoms with Crippen molar-refractivity contribution in [2.75, 3.05) is 24.6 Å². The number of halogens is 3. The topological polar surface area (TPSA) is 55.6 Å². The fourth-order valence-corrected chi connectivity index (χ4v) is 2.54. The molecule has 1 N–H and O–H groups in total. The number of tetrazole rings is 1. The van der Waals surface area contributed by atoms with Crippen LogP contribution in [-0.4, -0.2) is 50.3 Å². The van der Waals surface area contributed by atoms with E-state index in [4.69, 9.17) is 0 Å². The van der Waals surface area contributed by atoms with Crippen molar-refractivity contribution in [1.29, 1.82) is 0 Å². The maximum absolute atomic E-state index is 11.9. The first-order chi connectivity index (χ1) is 8.53. The van der Waals surface area contributed by atoms with Crippen LogP contribution in [0.4, 0.5) is 13.2 Å². The highest BCUT2D eigenvalue weighted by atomic mass is 32.2. The second-order valence-electron chi connectivity index (χ2n) is 3.18. The maximum Gasteiger partial charge on any atom is 0.441 e. The molecule has 0 unspecified atom stereocenters. The van der Waals surface area contributed by atoms with E-state index in [2.05, 4.69) is 20.8 Å². The summed E-state index contributed by atoms with van der Waals surface area (Å²) in [7, 11) is 0. The summed E-state index contributed by atoms with van der Waals surface area (Å²) in [4.78, 5) is 0. The van der Waals surface area contributed by atoms with Crippen molar-refractivity contribution >= 4 is 23.5 Å². The lowest BCUT2D eigenvalue weighted by Gasteiger charge is -2.06. The van der Waals surface area contributed by atoms with Crippen LogP contribution in [0.2, 0.25) is 0 Å². The number of alkyl halides is 3. The Hall–Kier alpha value is -0.480. The summed E-state index contributed by atoms with van der Waals surface area (Å²) in [5, 5.41) is 14.7. The maximum atomic E-state index is 11.9. The van der Waals surface area contributed by atoms with Gasteiger partial charge in [0.1, 0.15) is 0 Å². The molecule has 1 heterocycles. The Labute approximate surface area is 111 Å². The quantitative estimate of drug-likeness (QED) is 0.582. The molecule has 0 bridgehead atoms. The Morgan fingerprint density at radius 1 is 1.33 bits per heavy atom. The summed E-state index contributed by atoms with van der Waals surface area (Å²) in [6.45, 7) is 4.18. The minimum absolute atomic E-state index is 0.00572. The van der Waals surface area contributed by atoms with E-state index in [1.165, 1.54) is 11.8 Å². The lowest BCUT2D eigenvalue weighted by atomic mass is 10.6. The normalized spacial score (nSPS) is 12.0. The number of aromatic nitrogens is 4. The molecule has 0 aliphatic heterocycles. The number of nitrogens with one attached hydrogen (secondary N) is 1. The lowest BCUT2D eigenvalue weighted by Crippen LogP contribution is -2.20. The van der Waals surface area contributed by atoms with Crippen molar-refractivity contribution in [2.24, 2.45) is 0 Å². The largest absolute Gasteiger partial charge is 0.441 e. The highest BCUT2D eigenvalue weighted by Crippen LogP contribution is 2.31. The zero-order valence-electron chi connectivity index (χ0n) is 9.77. The average Bonchev–Trinajstić information content (AvgIpc) is 2.71. The number of thioether (sulfide) groups is 2. The van der Waals surface area contributed by atoms with Crippen LogP contribution in [0.25, 0.3) is 0 Å². The van der Waals surface area contributed by atoms with Crippen LogP contribution in [0.1, 0.15) is 6.92 Å². The number of nitrogens with zero attached hydrogens (tertiary/aromatic N) is 4. The van der Waals surface area contributed by atoms with Crippen molar-refractivity contribution in [3.05, 3.63) is 0 Å². The van der Waals surface area contributed by atoms with Crippen molar-refractivity contribution in [1.82, 2.24) is 25.5 Å². The van der Waals surface area contributed by atoms with Gasteiger partial charge in [-0.05, 0) is 17.0 Å². The van der Waals surface area contributed by atoms with Gasteiger partial charge in [-0.15, -0.1) is 5.10 Å². The zero-order chi connectivity index (χ0) is 13.4. The standard InChI is InChI=1S/C8H14F3N5S2/c1-2-12-3-4-16-7(13-14-15-16)17-5-6-18-8(9,10)11/h12H,2-6H2,1H3. The number of likely N-dealkylation sites (N-methyl/N-ethyl adjacent to an activating group) is 1. The van der Waals surface area contributed by atoms with E-state index in [1.807, 2.05) is 6.92 Å². The van der Waals surface area contributed by atoms with Gasteiger partial charge in [-0.1, -0.05) is 30.4 Å². The van der Waals surface area contributed by atoms with Gasteiger partial charge in [0.15, 0.2) is 0 Å². The highest BCUT2D eigenvalue weighted by Gasteiger charge is 2.27. The van der Waals surface area contributed by atoms with Crippen molar-refractivity contribution < 1.29 is 13.2 Å². The third-order valence-electron chi connectivity index (χ3n) is 1.83. The molecule has 104 valence electrons. The third kappa shape index (κ3) is 6.45. The van der Waals surface area contributed by atoms with Gasteiger partial charge in [-0.3, -0.25) is 0 Å². The summed E-state index contributed by atoms with van der Waals surface area (Å²) < 4.78 is 37.3. The van der Waals surface area contributed by atoms with Crippen molar-refractivity contribution in [3.63, 3.8) is 0 Å². The van der Waals surface area contributed by atoms with Crippen molar-refractivity contribution in [2.45, 2.75) is 24.1 Å². The Kier molecular flexibility index (Phi) is 6.79. The predicted octanol–water partition coefficient (Wildman–Crippen LogP) is 1.63. The SMILES string of the molecule is CCNCCn1nnnc1SCCSC(F)(F)F. The fourth-order valence-electron chi connectivity index (χ4n) is 1.09. The van der Waals surface area contributed by atoms with Gasteiger partial charge in [0, 0.05) is 18.1 Å². The van der Waals surface area contributed by atoms with E-state index in [-0.39, 0.29) is 17.5 Å². The molecule has 0 atom stereocenters. The van der Waals surface area contributed by atoms with Crippen LogP contribution in [0, 0.1) is 0 Å². The molecule has 1 aromatic heterocycles. The van der Waals surface area contributed by atoms with Crippen LogP contribution in [-0.2, 0) is 6.54 Å². The molecule has 0 spiro atoms. The van der Waals surface area contributed by atoms with E-state index in [9.17, 15) is 13.2 Å². The fraction of sp³-hybridized carbons (Fsp3) is 0.875. The van der Waals surface area contributed by atoms with Gasteiger partial charge in [0.2, 0.25) is 5.16 Å². The molecule has 0 aliphatic carbocycles. The lowest BCUT2D eigenvalue weighted by molar-refractivity contribution is -0.0326. The smallest absolute Gasteiger partial charge is 0.315 e. The van der Waals surface area contributed by atoms with Crippen LogP contribution < -0.4 is 5.32 Å². The van der Waals surface area contributed by atoms with Crippen LogP contribution in [0.3, 0.4) is 0 Å². The molecule has 18 heavy (non-hydrogen) atoms. The zero-order valence-corrected chi connectivity index (χ0v) is 11.4. The molecule has 0 radical (unpaired) electrons. The molecule has 0 fully saturated rings. The molecule has 0 aromatic carbocycles. The van der Waals surface area contributed by atoms with Gasteiger partial charge in [0.25, 0.3) is 0 Å². The van der Waals surface area contributed by atoms with Gasteiger partial charge in [0.05, 0.1) is 6.54 Å². The number of rotatable bonds is 8. The molecule has 0 aliphatic rings. The van der Waals surface area contributed by atoms with Crippen LogP contribution in [0.15, 0.2) is 5.16 Å². The summed E-state index contributed by atoms with van der Waals surface area (Å²) >= 11 is 1.20. The average molecular weight is 301 g/mol. The predicted molar refractivity (Wildman–Crippen MR) is 65.6 cm³/mol. The first-order valence-electron chi connectivity index (χ1n) is 5.33. The van der Waals surface area contributed by atoms with Gasteiger partial charge >= 0.3 is 5.51 Å². The Bertz CT molecular complexity index is 344. The Balaban J connectivity index is 2.27. The number of hydrogen-bond acceptors (Lipinski definition) is 6. The molecule has 0 amide bonds. The van der Waals surface area contributed by atoms with Crippen LogP contribution >= 0.6 is 23.5 Å². The third-order valence-corrected chi connectivity index (χ3v) is 3.78. The molecular formula is C8H14F3N5S2. The van der Waals surface area contributed by atoms with E-state index < -0.39 is 5.51 Å². The van der Waals surface area contributed by atoms with Gasteiger partial charge in [-0.25, -0.2) is 4.68 Å². The number of hydrogen-bond donors (Lipinski definition) is 1. The van der Waals surface area contributed by atoms with Gasteiger partial charge in [-0.2, -0.15) is 13.2 Å². The second kappa shape index (κ2) is 7.85. The summed E-state index contributed by atoms with van der Waals surface area (Å²) in [6.07, 6.45) is 0. The van der Waals surface area contributed by atoms with E-state index in [1.54, 1.807) is 4.68 Å². The molecule has 1 aromatic rings. The summed E-state index contributed by atoms with van der Waals surface area (Å²) in [6, 6.07) is 0. The molecular weight excluding hydrogens is 287 g/mol. The molecule has 10 heteroatoms. The van der Waals surface area contributed by atoms with Gasteiger partial charge < -0.3 is 5.32 Å². The first kappa shape index (κ1) is 15.6. The van der Waals surface area contributed by atoms with Crippen molar-refractivity contribution in [3.8, 4) is 0 Å². The molecule has 0 saturated heterocycles. The minimum Gasteiger partial charge on any atom is -0.315 e. The summed E-state index contributed by atoms with van der Waals surface area (Å²) in [5.74, 6) is 0.319. The Morgan fingerprint density at radius 3 is 2.78 bits per heavy atom. The highest BCUT2D eigenvalue weighted by molar-refractivity contribution is 8.03. The van der Waals surface area contributed by atoms with Crippen LogP contribution in [0.5, 0.6) is 0 Å². The molecule has 5 nitrogen and oxygen atoms in total. The van der Waals surface area contributed by atoms with E-state index >= 15 is 0 Å². The molecule has 1 rings (SSSR count). The minimum atomic E-state index is -4.17.